The number of hydrogen-bond donors (Lipinski definition) is 2. The van der Waals surface area contributed by atoms with E-state index in [1.165, 1.54) is 0 Å². The Morgan fingerprint density at radius 3 is 2.50 bits per heavy atom. The van der Waals surface area contributed by atoms with E-state index in [0.717, 1.165) is 44.3 Å². The second-order valence-corrected chi connectivity index (χ2v) is 5.84. The van der Waals surface area contributed by atoms with Crippen LogP contribution in [0, 0.1) is 5.92 Å². The molecule has 0 amide bonds. The van der Waals surface area contributed by atoms with Crippen molar-refractivity contribution in [2.24, 2.45) is 10.9 Å². The van der Waals surface area contributed by atoms with Gasteiger partial charge in [0.05, 0.1) is 0 Å². The Morgan fingerprint density at radius 2 is 1.95 bits per heavy atom. The van der Waals surface area contributed by atoms with Crippen molar-refractivity contribution in [3.8, 4) is 0 Å². The minimum Gasteiger partial charge on any atom is -0.357 e. The third-order valence-electron chi connectivity index (χ3n) is 2.82. The maximum absolute atomic E-state index is 5.22. The number of halogens is 1. The van der Waals surface area contributed by atoms with Gasteiger partial charge in [0.25, 0.3) is 0 Å². The third kappa shape index (κ3) is 8.55. The summed E-state index contributed by atoms with van der Waals surface area (Å²) in [5.74, 6) is 3.24. The molecule has 0 aromatic carbocycles. The first-order valence-electron chi connectivity index (χ1n) is 7.87. The predicted octanol–water partition coefficient (Wildman–Crippen LogP) is 2.95. The van der Waals surface area contributed by atoms with E-state index >= 15 is 0 Å². The van der Waals surface area contributed by atoms with Gasteiger partial charge in [-0.05, 0) is 19.3 Å². The molecule has 1 aromatic heterocycles. The lowest BCUT2D eigenvalue weighted by molar-refractivity contribution is 0.368. The van der Waals surface area contributed by atoms with Crippen LogP contribution in [-0.4, -0.2) is 35.7 Å². The van der Waals surface area contributed by atoms with E-state index in [1.807, 2.05) is 0 Å². The van der Waals surface area contributed by atoms with Crippen LogP contribution in [0.25, 0.3) is 0 Å². The molecule has 6 nitrogen and oxygen atoms in total. The van der Waals surface area contributed by atoms with Crippen LogP contribution in [0.4, 0.5) is 0 Å². The summed E-state index contributed by atoms with van der Waals surface area (Å²) in [6, 6.07) is 0. The highest BCUT2D eigenvalue weighted by Gasteiger charge is 2.09. The monoisotopic (exact) mass is 423 g/mol. The topological polar surface area (TPSA) is 75.3 Å². The average molecular weight is 423 g/mol. The molecule has 0 aliphatic rings. The number of guanidine groups is 1. The second kappa shape index (κ2) is 11.7. The quantitative estimate of drug-likeness (QED) is 0.291. The number of aryl methyl sites for hydroxylation is 1. The molecule has 0 spiro atoms. The number of aliphatic imine (C=N–C) groups is 1. The molecule has 7 heteroatoms. The van der Waals surface area contributed by atoms with Gasteiger partial charge in [-0.3, -0.25) is 4.99 Å². The van der Waals surface area contributed by atoms with Crippen molar-refractivity contribution in [3.63, 3.8) is 0 Å². The lowest BCUT2D eigenvalue weighted by atomic mass is 10.2. The fourth-order valence-corrected chi connectivity index (χ4v) is 1.67. The summed E-state index contributed by atoms with van der Waals surface area (Å²) in [4.78, 5) is 8.90. The molecule has 1 heterocycles. The van der Waals surface area contributed by atoms with E-state index in [4.69, 9.17) is 4.52 Å². The number of nitrogens with zero attached hydrogens (tertiary/aromatic N) is 3. The van der Waals surface area contributed by atoms with Crippen molar-refractivity contribution in [1.29, 1.82) is 0 Å². The van der Waals surface area contributed by atoms with Gasteiger partial charge >= 0.3 is 0 Å². The van der Waals surface area contributed by atoms with Gasteiger partial charge in [0.1, 0.15) is 0 Å². The molecule has 0 atom stereocenters. The molecule has 0 radical (unpaired) electrons. The Kier molecular flexibility index (Phi) is 11.2. The minimum absolute atomic E-state index is 0. The molecule has 0 bridgehead atoms. The molecule has 2 N–H and O–H groups in total. The van der Waals surface area contributed by atoms with Crippen LogP contribution in [0.3, 0.4) is 0 Å². The Balaban J connectivity index is 0.00000441. The van der Waals surface area contributed by atoms with Crippen molar-refractivity contribution in [1.82, 2.24) is 20.8 Å². The van der Waals surface area contributed by atoms with Crippen LogP contribution in [0.5, 0.6) is 0 Å². The van der Waals surface area contributed by atoms with Crippen LogP contribution in [0.15, 0.2) is 9.52 Å². The number of hydrogen-bond acceptors (Lipinski definition) is 4. The Hall–Kier alpha value is -0.860. The van der Waals surface area contributed by atoms with Crippen LogP contribution in [-0.2, 0) is 6.42 Å². The highest BCUT2D eigenvalue weighted by Crippen LogP contribution is 2.10. The molecule has 0 aliphatic carbocycles. The van der Waals surface area contributed by atoms with Crippen molar-refractivity contribution < 1.29 is 4.52 Å². The summed E-state index contributed by atoms with van der Waals surface area (Å²) in [5, 5.41) is 10.5. The fraction of sp³-hybridized carbons (Fsp3) is 0.800. The summed E-state index contributed by atoms with van der Waals surface area (Å²) < 4.78 is 5.22. The zero-order valence-corrected chi connectivity index (χ0v) is 16.7. The zero-order chi connectivity index (χ0) is 15.7. The van der Waals surface area contributed by atoms with Gasteiger partial charge in [0.15, 0.2) is 11.8 Å². The lowest BCUT2D eigenvalue weighted by Gasteiger charge is -2.11. The highest BCUT2D eigenvalue weighted by molar-refractivity contribution is 14.0. The highest BCUT2D eigenvalue weighted by atomic mass is 127. The summed E-state index contributed by atoms with van der Waals surface area (Å²) in [6.07, 6.45) is 1.72. The normalized spacial score (nSPS) is 11.7. The van der Waals surface area contributed by atoms with Crippen molar-refractivity contribution in [2.75, 3.05) is 19.6 Å². The molecule has 22 heavy (non-hydrogen) atoms. The molecule has 0 saturated carbocycles. The van der Waals surface area contributed by atoms with E-state index < -0.39 is 0 Å². The first-order valence-corrected chi connectivity index (χ1v) is 7.87. The van der Waals surface area contributed by atoms with Crippen LogP contribution >= 0.6 is 24.0 Å². The molecule has 0 fully saturated rings. The Bertz CT molecular complexity index is 431. The standard InChI is InChI=1S/C15H29N5O.HI/c1-6-16-15(18-10-11(2)3)17-9-7-8-13-19-14(12(4)5)20-21-13;/h11-12H,6-10H2,1-5H3,(H2,16,17,18);1H. The van der Waals surface area contributed by atoms with Gasteiger partial charge in [0.2, 0.25) is 5.89 Å². The summed E-state index contributed by atoms with van der Waals surface area (Å²) in [5.41, 5.74) is 0. The summed E-state index contributed by atoms with van der Waals surface area (Å²) >= 11 is 0. The van der Waals surface area contributed by atoms with Gasteiger partial charge in [-0.15, -0.1) is 24.0 Å². The molecule has 0 aliphatic heterocycles. The summed E-state index contributed by atoms with van der Waals surface area (Å²) in [7, 11) is 0. The Labute approximate surface area is 150 Å². The molecule has 128 valence electrons. The summed E-state index contributed by atoms with van der Waals surface area (Å²) in [6.45, 7) is 13.0. The number of rotatable bonds is 8. The van der Waals surface area contributed by atoms with Gasteiger partial charge in [0, 0.05) is 32.0 Å². The lowest BCUT2D eigenvalue weighted by Crippen LogP contribution is -2.38. The smallest absolute Gasteiger partial charge is 0.226 e. The van der Waals surface area contributed by atoms with Gasteiger partial charge < -0.3 is 15.2 Å². The molecular formula is C15H30IN5O. The second-order valence-electron chi connectivity index (χ2n) is 5.84. The molecule has 0 saturated heterocycles. The van der Waals surface area contributed by atoms with Gasteiger partial charge in [-0.25, -0.2) is 0 Å². The van der Waals surface area contributed by atoms with Gasteiger partial charge in [-0.1, -0.05) is 32.9 Å². The third-order valence-corrected chi connectivity index (χ3v) is 2.82. The molecule has 1 rings (SSSR count). The van der Waals surface area contributed by atoms with Gasteiger partial charge in [-0.2, -0.15) is 4.98 Å². The van der Waals surface area contributed by atoms with Crippen molar-refractivity contribution in [2.45, 2.75) is 53.4 Å². The number of aromatic nitrogens is 2. The maximum Gasteiger partial charge on any atom is 0.226 e. The minimum atomic E-state index is 0. The average Bonchev–Trinajstić information content (AvgIpc) is 2.89. The maximum atomic E-state index is 5.22. The SMILES string of the molecule is CCNC(=NCC(C)C)NCCCc1nc(C(C)C)no1.I. The fourth-order valence-electron chi connectivity index (χ4n) is 1.67. The largest absolute Gasteiger partial charge is 0.357 e. The van der Waals surface area contributed by atoms with Crippen LogP contribution < -0.4 is 10.6 Å². The molecule has 0 unspecified atom stereocenters. The van der Waals surface area contributed by atoms with Crippen LogP contribution in [0.1, 0.15) is 58.7 Å². The predicted molar refractivity (Wildman–Crippen MR) is 101 cm³/mol. The van der Waals surface area contributed by atoms with Crippen molar-refractivity contribution in [3.05, 3.63) is 11.7 Å². The van der Waals surface area contributed by atoms with Crippen LogP contribution in [0.2, 0.25) is 0 Å². The van der Waals surface area contributed by atoms with E-state index in [1.54, 1.807) is 0 Å². The molecule has 1 aromatic rings. The zero-order valence-electron chi connectivity index (χ0n) is 14.3. The first kappa shape index (κ1) is 21.1. The molecular weight excluding hydrogens is 393 g/mol. The first-order chi connectivity index (χ1) is 10.0. The number of nitrogens with one attached hydrogen (secondary N) is 2. The Morgan fingerprint density at radius 1 is 1.23 bits per heavy atom. The van der Waals surface area contributed by atoms with E-state index in [2.05, 4.69) is 60.4 Å². The van der Waals surface area contributed by atoms with E-state index in [0.29, 0.717) is 17.7 Å². The van der Waals surface area contributed by atoms with E-state index in [-0.39, 0.29) is 24.0 Å². The van der Waals surface area contributed by atoms with Crippen molar-refractivity contribution >= 4 is 29.9 Å². The van der Waals surface area contributed by atoms with E-state index in [9.17, 15) is 0 Å².